The summed E-state index contributed by atoms with van der Waals surface area (Å²) in [6, 6.07) is 5.79. The van der Waals surface area contributed by atoms with Crippen molar-refractivity contribution in [1.29, 1.82) is 0 Å². The van der Waals surface area contributed by atoms with Crippen LogP contribution in [0.2, 0.25) is 0 Å². The van der Waals surface area contributed by atoms with Crippen molar-refractivity contribution in [3.63, 3.8) is 0 Å². The van der Waals surface area contributed by atoms with E-state index < -0.39 is 0 Å². The number of hydrogen-bond acceptors (Lipinski definition) is 9. The molecule has 0 amide bonds. The van der Waals surface area contributed by atoms with Crippen molar-refractivity contribution in [3.05, 3.63) is 42.5 Å². The molecular weight excluding hydrogens is 451 g/mol. The molecule has 1 atom stereocenters. The fourth-order valence-corrected chi connectivity index (χ4v) is 3.38. The van der Waals surface area contributed by atoms with Gasteiger partial charge < -0.3 is 20.6 Å². The first-order valence-electron chi connectivity index (χ1n) is 10.1. The number of aromatic nitrogens is 5. The van der Waals surface area contributed by atoms with Crippen LogP contribution in [0.5, 0.6) is 5.75 Å². The summed E-state index contributed by atoms with van der Waals surface area (Å²) < 4.78 is 0. The minimum absolute atomic E-state index is 0. The molecule has 0 unspecified atom stereocenters. The second-order valence-corrected chi connectivity index (χ2v) is 7.79. The standard InChI is InChI=1S/C21H26N8O.2ClH/c1-13(2)17-12-29(7-6-22-17)20-5-4-16(27-28-20)21-18(30)8-15(10-25-21)26-19-11-23-14(3)9-24-19;;/h4-5,8-11,13,17,22,30H,6-7,12H2,1-3H3,(H,24,26);2*1H/t17-;;/m0../s1. The number of nitrogens with zero attached hydrogens (tertiary/aromatic N) is 6. The highest BCUT2D eigenvalue weighted by molar-refractivity contribution is 5.85. The van der Waals surface area contributed by atoms with E-state index in [9.17, 15) is 5.11 Å². The molecule has 1 saturated heterocycles. The van der Waals surface area contributed by atoms with Gasteiger partial charge in [0.1, 0.15) is 23.0 Å². The van der Waals surface area contributed by atoms with E-state index in [-0.39, 0.29) is 30.6 Å². The molecule has 3 N–H and O–H groups in total. The number of aromatic hydroxyl groups is 1. The van der Waals surface area contributed by atoms with Crippen LogP contribution >= 0.6 is 24.8 Å². The number of pyridine rings is 1. The monoisotopic (exact) mass is 478 g/mol. The first-order chi connectivity index (χ1) is 14.5. The fraction of sp³-hybridized carbons (Fsp3) is 0.381. The van der Waals surface area contributed by atoms with Gasteiger partial charge in [0.05, 0.1) is 30.0 Å². The largest absolute Gasteiger partial charge is 0.506 e. The van der Waals surface area contributed by atoms with Crippen LogP contribution in [-0.4, -0.2) is 55.9 Å². The Kier molecular flexibility index (Phi) is 8.94. The number of nitrogens with one attached hydrogen (secondary N) is 2. The Morgan fingerprint density at radius 2 is 1.91 bits per heavy atom. The second-order valence-electron chi connectivity index (χ2n) is 7.79. The highest BCUT2D eigenvalue weighted by atomic mass is 35.5. The number of rotatable bonds is 5. The van der Waals surface area contributed by atoms with Gasteiger partial charge >= 0.3 is 0 Å². The van der Waals surface area contributed by atoms with Gasteiger partial charge in [0, 0.05) is 31.7 Å². The summed E-state index contributed by atoms with van der Waals surface area (Å²) in [5.74, 6) is 1.99. The summed E-state index contributed by atoms with van der Waals surface area (Å²) in [5, 5.41) is 25.7. The average molecular weight is 479 g/mol. The third-order valence-electron chi connectivity index (χ3n) is 5.15. The molecule has 1 aliphatic rings. The number of aryl methyl sites for hydroxylation is 1. The number of hydrogen-bond donors (Lipinski definition) is 3. The SMILES string of the molecule is Cc1cnc(Nc2cnc(-c3ccc(N4CCN[C@H](C(C)C)C4)nn3)c(O)c2)cn1.Cl.Cl. The van der Waals surface area contributed by atoms with E-state index in [1.54, 1.807) is 24.7 Å². The van der Waals surface area contributed by atoms with Crippen molar-refractivity contribution in [2.75, 3.05) is 29.9 Å². The minimum atomic E-state index is 0. The smallest absolute Gasteiger partial charge is 0.151 e. The zero-order chi connectivity index (χ0) is 21.1. The van der Waals surface area contributed by atoms with Crippen molar-refractivity contribution < 1.29 is 5.11 Å². The molecular formula is C21H28Cl2N8O. The quantitative estimate of drug-likeness (QED) is 0.507. The highest BCUT2D eigenvalue weighted by Gasteiger charge is 2.23. The Morgan fingerprint density at radius 3 is 2.53 bits per heavy atom. The Balaban J connectivity index is 0.00000181. The van der Waals surface area contributed by atoms with E-state index in [1.807, 2.05) is 19.1 Å². The van der Waals surface area contributed by atoms with Gasteiger partial charge in [-0.15, -0.1) is 35.0 Å². The lowest BCUT2D eigenvalue weighted by Gasteiger charge is -2.36. The lowest BCUT2D eigenvalue weighted by atomic mass is 10.0. The van der Waals surface area contributed by atoms with Crippen molar-refractivity contribution in [2.45, 2.75) is 26.8 Å². The third kappa shape index (κ3) is 5.93. The van der Waals surface area contributed by atoms with E-state index >= 15 is 0 Å². The summed E-state index contributed by atoms with van der Waals surface area (Å²) >= 11 is 0. The molecule has 0 aromatic carbocycles. The average Bonchev–Trinajstić information content (AvgIpc) is 2.76. The number of piperazine rings is 1. The molecule has 172 valence electrons. The minimum Gasteiger partial charge on any atom is -0.506 e. The molecule has 3 aromatic heterocycles. The van der Waals surface area contributed by atoms with Crippen LogP contribution in [0.25, 0.3) is 11.4 Å². The van der Waals surface area contributed by atoms with Gasteiger partial charge in [-0.2, -0.15) is 0 Å². The molecule has 0 radical (unpaired) electrons. The molecule has 32 heavy (non-hydrogen) atoms. The Bertz CT molecular complexity index is 1000. The van der Waals surface area contributed by atoms with E-state index in [0.717, 1.165) is 31.1 Å². The van der Waals surface area contributed by atoms with Gasteiger partial charge in [-0.3, -0.25) is 4.98 Å². The summed E-state index contributed by atoms with van der Waals surface area (Å²) in [6.45, 7) is 9.02. The molecule has 4 rings (SSSR count). The first-order valence-corrected chi connectivity index (χ1v) is 10.1. The Hall–Kier alpha value is -2.75. The van der Waals surface area contributed by atoms with Crippen molar-refractivity contribution >= 4 is 42.1 Å². The van der Waals surface area contributed by atoms with Gasteiger partial charge in [0.15, 0.2) is 5.82 Å². The lowest BCUT2D eigenvalue weighted by molar-refractivity contribution is 0.367. The van der Waals surface area contributed by atoms with Gasteiger partial charge in [-0.25, -0.2) is 9.97 Å². The summed E-state index contributed by atoms with van der Waals surface area (Å²) in [6.07, 6.45) is 4.92. The van der Waals surface area contributed by atoms with E-state index in [2.05, 4.69) is 54.5 Å². The molecule has 0 spiro atoms. The second kappa shape index (κ2) is 11.2. The third-order valence-corrected chi connectivity index (χ3v) is 5.15. The molecule has 4 heterocycles. The highest BCUT2D eigenvalue weighted by Crippen LogP contribution is 2.29. The van der Waals surface area contributed by atoms with Gasteiger partial charge in [0.25, 0.3) is 0 Å². The van der Waals surface area contributed by atoms with Crippen molar-refractivity contribution in [3.8, 4) is 17.1 Å². The topological polar surface area (TPSA) is 112 Å². The van der Waals surface area contributed by atoms with Crippen LogP contribution in [0.1, 0.15) is 19.5 Å². The molecule has 0 aliphatic carbocycles. The predicted octanol–water partition coefficient (Wildman–Crippen LogP) is 3.36. The first kappa shape index (κ1) is 25.5. The Morgan fingerprint density at radius 1 is 1.09 bits per heavy atom. The lowest BCUT2D eigenvalue weighted by Crippen LogP contribution is -2.53. The zero-order valence-electron chi connectivity index (χ0n) is 18.2. The van der Waals surface area contributed by atoms with Crippen LogP contribution < -0.4 is 15.5 Å². The molecule has 1 aliphatic heterocycles. The normalized spacial score (nSPS) is 15.6. The van der Waals surface area contributed by atoms with Crippen LogP contribution in [0, 0.1) is 12.8 Å². The number of halogens is 2. The molecule has 1 fully saturated rings. The number of anilines is 3. The van der Waals surface area contributed by atoms with E-state index in [1.165, 1.54) is 0 Å². The maximum atomic E-state index is 10.5. The van der Waals surface area contributed by atoms with Gasteiger partial charge in [-0.05, 0) is 25.0 Å². The van der Waals surface area contributed by atoms with E-state index in [4.69, 9.17) is 0 Å². The summed E-state index contributed by atoms with van der Waals surface area (Å²) in [5.41, 5.74) is 2.35. The molecule has 0 saturated carbocycles. The van der Waals surface area contributed by atoms with Crippen LogP contribution in [0.3, 0.4) is 0 Å². The maximum absolute atomic E-state index is 10.5. The molecule has 0 bridgehead atoms. The Labute approximate surface area is 199 Å². The van der Waals surface area contributed by atoms with Crippen LogP contribution in [0.15, 0.2) is 36.8 Å². The summed E-state index contributed by atoms with van der Waals surface area (Å²) in [4.78, 5) is 15.0. The van der Waals surface area contributed by atoms with Gasteiger partial charge in [-0.1, -0.05) is 13.8 Å². The van der Waals surface area contributed by atoms with Crippen molar-refractivity contribution in [1.82, 2.24) is 30.5 Å². The maximum Gasteiger partial charge on any atom is 0.151 e. The van der Waals surface area contributed by atoms with Gasteiger partial charge in [0.2, 0.25) is 0 Å². The van der Waals surface area contributed by atoms with E-state index in [0.29, 0.717) is 34.9 Å². The van der Waals surface area contributed by atoms with Crippen LogP contribution in [0.4, 0.5) is 17.3 Å². The summed E-state index contributed by atoms with van der Waals surface area (Å²) in [7, 11) is 0. The molecule has 11 heteroatoms. The predicted molar refractivity (Wildman–Crippen MR) is 130 cm³/mol. The molecule has 9 nitrogen and oxygen atoms in total. The molecule has 3 aromatic rings. The fourth-order valence-electron chi connectivity index (χ4n) is 3.38. The zero-order valence-corrected chi connectivity index (χ0v) is 19.8. The van der Waals surface area contributed by atoms with Crippen LogP contribution in [-0.2, 0) is 0 Å². The van der Waals surface area contributed by atoms with Crippen molar-refractivity contribution in [2.24, 2.45) is 5.92 Å².